The minimum Gasteiger partial charge on any atom is -0.440 e. The van der Waals surface area contributed by atoms with Gasteiger partial charge in [-0.2, -0.15) is 13.2 Å². The van der Waals surface area contributed by atoms with Crippen LogP contribution in [0.25, 0.3) is 11.1 Å². The quantitative estimate of drug-likeness (QED) is 0.639. The summed E-state index contributed by atoms with van der Waals surface area (Å²) in [6, 6.07) is 2.12. The number of hydrogen-bond acceptors (Lipinski definition) is 6. The summed E-state index contributed by atoms with van der Waals surface area (Å²) in [6.45, 7) is 3.06. The van der Waals surface area contributed by atoms with Crippen LogP contribution in [0.5, 0.6) is 0 Å². The van der Waals surface area contributed by atoms with Gasteiger partial charge in [-0.3, -0.25) is 0 Å². The van der Waals surface area contributed by atoms with Crippen LogP contribution in [0.15, 0.2) is 16.5 Å². The second kappa shape index (κ2) is 5.51. The molecule has 2 aromatic rings. The van der Waals surface area contributed by atoms with Gasteiger partial charge in [0.15, 0.2) is 11.5 Å². The molecular weight excluding hydrogens is 305 g/mol. The molecule has 4 N–H and O–H groups in total. The lowest BCUT2D eigenvalue weighted by Gasteiger charge is -2.16. The topological polar surface area (TPSA) is 98.8 Å². The van der Waals surface area contributed by atoms with E-state index in [1.807, 2.05) is 5.32 Å². The van der Waals surface area contributed by atoms with Gasteiger partial charge in [0.25, 0.3) is 0 Å². The Balaban J connectivity index is 2.52. The zero-order valence-electron chi connectivity index (χ0n) is 11.8. The molecule has 0 unspecified atom stereocenters. The number of nitrogens with one attached hydrogen (secondary N) is 1. The van der Waals surface area contributed by atoms with E-state index in [-0.39, 0.29) is 28.5 Å². The van der Waals surface area contributed by atoms with Crippen LogP contribution in [0.2, 0.25) is 0 Å². The van der Waals surface area contributed by atoms with Gasteiger partial charge in [-0.1, -0.05) is 13.8 Å². The fraction of sp³-hybridized carbons (Fsp3) is 0.462. The molecule has 0 aliphatic heterocycles. The number of nitrogens with zero attached hydrogens (tertiary/aromatic N) is 1. The Kier molecular flexibility index (Phi) is 4.18. The van der Waals surface area contributed by atoms with Crippen molar-refractivity contribution in [2.45, 2.75) is 38.6 Å². The lowest BCUT2D eigenvalue weighted by Crippen LogP contribution is -2.44. The van der Waals surface area contributed by atoms with Crippen LogP contribution in [0, 0.1) is 0 Å². The van der Waals surface area contributed by atoms with Crippen LogP contribution in [-0.2, 0) is 12.7 Å². The summed E-state index contributed by atoms with van der Waals surface area (Å²) in [5.41, 5.74) is -1.32. The normalized spacial score (nSPS) is 13.3. The van der Waals surface area contributed by atoms with E-state index >= 15 is 0 Å². The fourth-order valence-corrected chi connectivity index (χ4v) is 1.89. The first-order chi connectivity index (χ1) is 9.97. The van der Waals surface area contributed by atoms with E-state index in [4.69, 9.17) is 19.7 Å². The third-order valence-corrected chi connectivity index (χ3v) is 2.90. The highest BCUT2D eigenvalue weighted by Crippen LogP contribution is 2.37. The molecular formula is C13H15F3N2O4. The average Bonchev–Trinajstić information content (AvgIpc) is 2.77. The van der Waals surface area contributed by atoms with Crippen molar-refractivity contribution in [1.82, 2.24) is 10.3 Å². The lowest BCUT2D eigenvalue weighted by atomic mass is 10.1. The standard InChI is InChI=1S/C13H15F3N2O4/c1-6(2)11-18-9-4-7(5-17-13(19,20)21)3-8(10(9)22-11)12(14,15)16/h3-4,6,17,19-21H,5H2,1-2H3. The summed E-state index contributed by atoms with van der Waals surface area (Å²) in [4.78, 5) is 4.01. The minimum atomic E-state index is -4.66. The van der Waals surface area contributed by atoms with E-state index in [2.05, 4.69) is 4.98 Å². The van der Waals surface area contributed by atoms with Crippen molar-refractivity contribution in [3.63, 3.8) is 0 Å². The van der Waals surface area contributed by atoms with Gasteiger partial charge in [0, 0.05) is 12.5 Å². The van der Waals surface area contributed by atoms with Crippen molar-refractivity contribution < 1.29 is 32.9 Å². The highest BCUT2D eigenvalue weighted by atomic mass is 19.4. The van der Waals surface area contributed by atoms with Gasteiger partial charge < -0.3 is 19.7 Å². The van der Waals surface area contributed by atoms with Gasteiger partial charge in [0.2, 0.25) is 0 Å². The average molecular weight is 320 g/mol. The van der Waals surface area contributed by atoms with E-state index in [0.717, 1.165) is 6.07 Å². The van der Waals surface area contributed by atoms with Gasteiger partial charge in [-0.05, 0) is 17.7 Å². The van der Waals surface area contributed by atoms with Crippen molar-refractivity contribution in [1.29, 1.82) is 0 Å². The third kappa shape index (κ3) is 3.74. The number of fused-ring (bicyclic) bond motifs is 1. The first-order valence-electron chi connectivity index (χ1n) is 6.40. The van der Waals surface area contributed by atoms with E-state index in [9.17, 15) is 13.2 Å². The van der Waals surface area contributed by atoms with Crippen molar-refractivity contribution in [3.05, 3.63) is 29.2 Å². The number of halogens is 3. The minimum absolute atomic E-state index is 0.00902. The maximum absolute atomic E-state index is 13.1. The highest BCUT2D eigenvalue weighted by molar-refractivity contribution is 5.78. The van der Waals surface area contributed by atoms with E-state index in [1.165, 1.54) is 6.07 Å². The number of benzene rings is 1. The number of hydrogen-bond donors (Lipinski definition) is 4. The van der Waals surface area contributed by atoms with Gasteiger partial charge in [0.05, 0.1) is 0 Å². The SMILES string of the molecule is CC(C)c1nc2cc(CNC(O)(O)O)cc(C(F)(F)F)c2o1. The fourth-order valence-electron chi connectivity index (χ4n) is 1.89. The molecule has 0 radical (unpaired) electrons. The first-order valence-corrected chi connectivity index (χ1v) is 6.40. The van der Waals surface area contributed by atoms with Gasteiger partial charge in [-0.15, -0.1) is 0 Å². The summed E-state index contributed by atoms with van der Waals surface area (Å²) in [6.07, 6.45) is -7.84. The molecule has 0 amide bonds. The van der Waals surface area contributed by atoms with Crippen LogP contribution in [-0.4, -0.2) is 26.4 Å². The molecule has 6 nitrogen and oxygen atoms in total. The Morgan fingerprint density at radius 2 is 1.86 bits per heavy atom. The Hall–Kier alpha value is -1.68. The Labute approximate surface area is 123 Å². The lowest BCUT2D eigenvalue weighted by molar-refractivity contribution is -0.332. The van der Waals surface area contributed by atoms with Gasteiger partial charge in [0.1, 0.15) is 11.1 Å². The highest BCUT2D eigenvalue weighted by Gasteiger charge is 2.35. The van der Waals surface area contributed by atoms with E-state index in [1.54, 1.807) is 13.8 Å². The summed E-state index contributed by atoms with van der Waals surface area (Å²) >= 11 is 0. The molecule has 2 rings (SSSR count). The molecule has 0 atom stereocenters. The van der Waals surface area contributed by atoms with Gasteiger partial charge >= 0.3 is 12.3 Å². The summed E-state index contributed by atoms with van der Waals surface area (Å²) < 4.78 is 44.6. The Morgan fingerprint density at radius 1 is 1.23 bits per heavy atom. The maximum Gasteiger partial charge on any atom is 0.420 e. The molecule has 0 spiro atoms. The van der Waals surface area contributed by atoms with Crippen molar-refractivity contribution in [2.24, 2.45) is 0 Å². The molecule has 1 aromatic carbocycles. The van der Waals surface area contributed by atoms with Crippen LogP contribution in [0.1, 0.15) is 36.8 Å². The predicted molar refractivity (Wildman–Crippen MR) is 69.3 cm³/mol. The maximum atomic E-state index is 13.1. The number of rotatable bonds is 4. The predicted octanol–water partition coefficient (Wildman–Crippen LogP) is 1.65. The zero-order chi connectivity index (χ0) is 16.7. The molecule has 0 aliphatic rings. The molecule has 0 aliphatic carbocycles. The molecule has 0 fully saturated rings. The second-order valence-corrected chi connectivity index (χ2v) is 5.19. The van der Waals surface area contributed by atoms with E-state index < -0.39 is 24.4 Å². The molecule has 122 valence electrons. The molecule has 0 saturated carbocycles. The monoisotopic (exact) mass is 320 g/mol. The molecule has 0 bridgehead atoms. The number of aliphatic hydroxyl groups is 3. The molecule has 0 saturated heterocycles. The van der Waals surface area contributed by atoms with Crippen LogP contribution in [0.3, 0.4) is 0 Å². The largest absolute Gasteiger partial charge is 0.440 e. The third-order valence-electron chi connectivity index (χ3n) is 2.90. The molecule has 22 heavy (non-hydrogen) atoms. The smallest absolute Gasteiger partial charge is 0.420 e. The summed E-state index contributed by atoms with van der Waals surface area (Å²) in [7, 11) is 0. The zero-order valence-corrected chi connectivity index (χ0v) is 11.8. The van der Waals surface area contributed by atoms with Crippen LogP contribution >= 0.6 is 0 Å². The van der Waals surface area contributed by atoms with Crippen molar-refractivity contribution in [3.8, 4) is 0 Å². The van der Waals surface area contributed by atoms with Crippen molar-refractivity contribution >= 4 is 11.1 Å². The van der Waals surface area contributed by atoms with Crippen LogP contribution < -0.4 is 5.32 Å². The molecule has 1 aromatic heterocycles. The molecule has 9 heteroatoms. The number of aromatic nitrogens is 1. The van der Waals surface area contributed by atoms with Crippen LogP contribution in [0.4, 0.5) is 13.2 Å². The summed E-state index contributed by atoms with van der Waals surface area (Å²) in [5.74, 6) is -0.0125. The van der Waals surface area contributed by atoms with E-state index in [0.29, 0.717) is 0 Å². The number of oxazole rings is 1. The van der Waals surface area contributed by atoms with Gasteiger partial charge in [-0.25, -0.2) is 10.3 Å². The number of alkyl halides is 3. The summed E-state index contributed by atoms with van der Waals surface area (Å²) in [5, 5.41) is 28.1. The Morgan fingerprint density at radius 3 is 2.36 bits per heavy atom. The van der Waals surface area contributed by atoms with Crippen molar-refractivity contribution in [2.75, 3.05) is 0 Å². The second-order valence-electron chi connectivity index (χ2n) is 5.19. The molecule has 1 heterocycles. The Bertz CT molecular complexity index is 674. The first kappa shape index (κ1) is 16.7.